The van der Waals surface area contributed by atoms with Gasteiger partial charge in [0.05, 0.1) is 6.61 Å². The average molecular weight is 377 g/mol. The summed E-state index contributed by atoms with van der Waals surface area (Å²) in [5.74, 6) is -0.545. The van der Waals surface area contributed by atoms with Crippen molar-refractivity contribution in [1.29, 1.82) is 0 Å². The molecule has 0 saturated carbocycles. The molecule has 1 aromatic carbocycles. The van der Waals surface area contributed by atoms with Crippen LogP contribution >= 0.6 is 0 Å². The van der Waals surface area contributed by atoms with Gasteiger partial charge >= 0.3 is 5.97 Å². The molecule has 0 aliphatic carbocycles. The Morgan fingerprint density at radius 2 is 1.22 bits per heavy atom. The Bertz CT molecular complexity index is 458. The average Bonchev–Trinajstić information content (AvgIpc) is 2.70. The molecule has 1 N–H and O–H groups in total. The van der Waals surface area contributed by atoms with Gasteiger partial charge in [0, 0.05) is 0 Å². The van der Waals surface area contributed by atoms with Crippen LogP contribution in [0.1, 0.15) is 108 Å². The minimum Gasteiger partial charge on any atom is -0.464 e. The molecule has 3 heteroatoms. The molecule has 1 unspecified atom stereocenters. The molecule has 0 bridgehead atoms. The standard InChI is InChI=1S/C24H40O3/c1-2-3-4-5-6-7-8-9-10-11-12-13-14-18-21-27-24(26)23(25)22-19-16-15-17-20-22/h15-17,19-20,23,25H,2-14,18,21H2,1H3. The highest BCUT2D eigenvalue weighted by Crippen LogP contribution is 2.15. The quantitative estimate of drug-likeness (QED) is 0.242. The van der Waals surface area contributed by atoms with Crippen molar-refractivity contribution in [3.8, 4) is 0 Å². The molecule has 0 aliphatic heterocycles. The van der Waals surface area contributed by atoms with E-state index < -0.39 is 12.1 Å². The van der Waals surface area contributed by atoms with E-state index in [2.05, 4.69) is 6.92 Å². The third kappa shape index (κ3) is 12.6. The van der Waals surface area contributed by atoms with Gasteiger partial charge in [-0.25, -0.2) is 4.79 Å². The van der Waals surface area contributed by atoms with E-state index in [1.807, 2.05) is 6.07 Å². The number of benzene rings is 1. The summed E-state index contributed by atoms with van der Waals surface area (Å²) in [7, 11) is 0. The smallest absolute Gasteiger partial charge is 0.339 e. The molecule has 27 heavy (non-hydrogen) atoms. The van der Waals surface area contributed by atoms with Gasteiger partial charge in [0.25, 0.3) is 0 Å². The summed E-state index contributed by atoms with van der Waals surface area (Å²) in [4.78, 5) is 11.8. The second-order valence-electron chi connectivity index (χ2n) is 7.58. The third-order valence-electron chi connectivity index (χ3n) is 5.08. The Morgan fingerprint density at radius 3 is 1.70 bits per heavy atom. The maximum absolute atomic E-state index is 11.8. The molecule has 1 rings (SSSR count). The highest BCUT2D eigenvalue weighted by atomic mass is 16.5. The van der Waals surface area contributed by atoms with Gasteiger partial charge in [0.1, 0.15) is 0 Å². The molecule has 0 saturated heterocycles. The summed E-state index contributed by atoms with van der Waals surface area (Å²) >= 11 is 0. The van der Waals surface area contributed by atoms with E-state index in [1.54, 1.807) is 24.3 Å². The summed E-state index contributed by atoms with van der Waals surface area (Å²) < 4.78 is 5.18. The van der Waals surface area contributed by atoms with E-state index in [0.717, 1.165) is 12.8 Å². The number of aliphatic hydroxyl groups is 1. The lowest BCUT2D eigenvalue weighted by Crippen LogP contribution is -2.16. The van der Waals surface area contributed by atoms with Crippen LogP contribution in [0.25, 0.3) is 0 Å². The SMILES string of the molecule is CCCCCCCCCCCCCCCCOC(=O)C(O)c1ccccc1. The van der Waals surface area contributed by atoms with Crippen molar-refractivity contribution in [2.45, 2.75) is 103 Å². The molecule has 0 heterocycles. The zero-order valence-electron chi connectivity index (χ0n) is 17.3. The number of rotatable bonds is 17. The lowest BCUT2D eigenvalue weighted by molar-refractivity contribution is -0.154. The van der Waals surface area contributed by atoms with Gasteiger partial charge in [-0.1, -0.05) is 121 Å². The van der Waals surface area contributed by atoms with E-state index in [1.165, 1.54) is 77.0 Å². The van der Waals surface area contributed by atoms with Gasteiger partial charge in [0.2, 0.25) is 0 Å². The minimum absolute atomic E-state index is 0.404. The normalized spacial score (nSPS) is 12.1. The number of ether oxygens (including phenoxy) is 1. The van der Waals surface area contributed by atoms with Crippen LogP contribution in [0.3, 0.4) is 0 Å². The Labute approximate surface area is 166 Å². The molecule has 1 aromatic rings. The molecule has 0 aliphatic rings. The van der Waals surface area contributed by atoms with Crippen molar-refractivity contribution in [2.75, 3.05) is 6.61 Å². The molecule has 154 valence electrons. The zero-order valence-corrected chi connectivity index (χ0v) is 17.3. The van der Waals surface area contributed by atoms with Crippen LogP contribution in [-0.2, 0) is 9.53 Å². The van der Waals surface area contributed by atoms with Gasteiger partial charge in [-0.3, -0.25) is 0 Å². The maximum Gasteiger partial charge on any atom is 0.339 e. The summed E-state index contributed by atoms with van der Waals surface area (Å²) in [5, 5.41) is 9.93. The van der Waals surface area contributed by atoms with Gasteiger partial charge in [-0.15, -0.1) is 0 Å². The molecule has 0 radical (unpaired) electrons. The third-order valence-corrected chi connectivity index (χ3v) is 5.08. The highest BCUT2D eigenvalue weighted by molar-refractivity contribution is 5.76. The van der Waals surface area contributed by atoms with Crippen molar-refractivity contribution in [2.24, 2.45) is 0 Å². The molecule has 1 atom stereocenters. The number of esters is 1. The number of unbranched alkanes of at least 4 members (excludes halogenated alkanes) is 13. The Hall–Kier alpha value is -1.35. The second-order valence-corrected chi connectivity index (χ2v) is 7.58. The van der Waals surface area contributed by atoms with Crippen molar-refractivity contribution >= 4 is 5.97 Å². The van der Waals surface area contributed by atoms with Crippen LogP contribution in [0.15, 0.2) is 30.3 Å². The number of hydrogen-bond donors (Lipinski definition) is 1. The lowest BCUT2D eigenvalue weighted by atomic mass is 10.0. The summed E-state index contributed by atoms with van der Waals surface area (Å²) in [5.41, 5.74) is 0.587. The van der Waals surface area contributed by atoms with Crippen molar-refractivity contribution in [1.82, 2.24) is 0 Å². The van der Waals surface area contributed by atoms with Gasteiger partial charge in [-0.05, 0) is 12.0 Å². The molecule has 0 fully saturated rings. The first-order valence-electron chi connectivity index (χ1n) is 11.2. The molecular weight excluding hydrogens is 336 g/mol. The van der Waals surface area contributed by atoms with Gasteiger partial charge < -0.3 is 9.84 Å². The Morgan fingerprint density at radius 1 is 0.778 bits per heavy atom. The minimum atomic E-state index is -1.17. The Balaban J connectivity index is 1.84. The monoisotopic (exact) mass is 376 g/mol. The zero-order chi connectivity index (χ0) is 19.6. The largest absolute Gasteiger partial charge is 0.464 e. The Kier molecular flexibility index (Phi) is 14.7. The number of carbonyl (C=O) groups is 1. The van der Waals surface area contributed by atoms with Crippen LogP contribution in [0.4, 0.5) is 0 Å². The summed E-state index contributed by atoms with van der Waals surface area (Å²) in [6.07, 6.45) is 17.1. The first kappa shape index (κ1) is 23.7. The van der Waals surface area contributed by atoms with Crippen LogP contribution in [-0.4, -0.2) is 17.7 Å². The fraction of sp³-hybridized carbons (Fsp3) is 0.708. The summed E-state index contributed by atoms with van der Waals surface area (Å²) in [6.45, 7) is 2.67. The van der Waals surface area contributed by atoms with Crippen molar-refractivity contribution in [3.63, 3.8) is 0 Å². The van der Waals surface area contributed by atoms with Crippen LogP contribution in [0.5, 0.6) is 0 Å². The number of aliphatic hydroxyl groups excluding tert-OH is 1. The first-order chi connectivity index (χ1) is 13.3. The maximum atomic E-state index is 11.8. The number of hydrogen-bond acceptors (Lipinski definition) is 3. The van der Waals surface area contributed by atoms with E-state index in [-0.39, 0.29) is 0 Å². The predicted octanol–water partition coefficient (Wildman–Crippen LogP) is 6.74. The number of carbonyl (C=O) groups excluding carboxylic acids is 1. The summed E-state index contributed by atoms with van der Waals surface area (Å²) in [6, 6.07) is 8.94. The molecular formula is C24H40O3. The highest BCUT2D eigenvalue weighted by Gasteiger charge is 2.18. The fourth-order valence-electron chi connectivity index (χ4n) is 3.32. The van der Waals surface area contributed by atoms with Crippen LogP contribution < -0.4 is 0 Å². The van der Waals surface area contributed by atoms with Gasteiger partial charge in [0.15, 0.2) is 6.10 Å². The predicted molar refractivity (Wildman–Crippen MR) is 113 cm³/mol. The van der Waals surface area contributed by atoms with Crippen LogP contribution in [0, 0.1) is 0 Å². The molecule has 3 nitrogen and oxygen atoms in total. The van der Waals surface area contributed by atoms with Crippen molar-refractivity contribution in [3.05, 3.63) is 35.9 Å². The fourth-order valence-corrected chi connectivity index (χ4v) is 3.32. The lowest BCUT2D eigenvalue weighted by Gasteiger charge is -2.10. The first-order valence-corrected chi connectivity index (χ1v) is 11.2. The van der Waals surface area contributed by atoms with Crippen molar-refractivity contribution < 1.29 is 14.6 Å². The van der Waals surface area contributed by atoms with E-state index >= 15 is 0 Å². The molecule has 0 amide bonds. The van der Waals surface area contributed by atoms with Gasteiger partial charge in [-0.2, -0.15) is 0 Å². The molecule has 0 spiro atoms. The topological polar surface area (TPSA) is 46.5 Å². The second kappa shape index (κ2) is 16.8. The van der Waals surface area contributed by atoms with E-state index in [4.69, 9.17) is 4.74 Å². The van der Waals surface area contributed by atoms with E-state index in [9.17, 15) is 9.90 Å². The molecule has 0 aromatic heterocycles. The van der Waals surface area contributed by atoms with E-state index in [0.29, 0.717) is 12.2 Å². The van der Waals surface area contributed by atoms with Crippen LogP contribution in [0.2, 0.25) is 0 Å².